The van der Waals surface area contributed by atoms with Gasteiger partial charge in [-0.15, -0.1) is 0 Å². The van der Waals surface area contributed by atoms with Crippen LogP contribution in [0.25, 0.3) is 21.7 Å². The Bertz CT molecular complexity index is 1020. The summed E-state index contributed by atoms with van der Waals surface area (Å²) < 4.78 is 2.23. The van der Waals surface area contributed by atoms with E-state index in [0.29, 0.717) is 0 Å². The molecule has 0 aliphatic rings. The van der Waals surface area contributed by atoms with Crippen molar-refractivity contribution < 1.29 is 4.57 Å². The molecular weight excluding hydrogens is 314 g/mol. The molecule has 0 unspecified atom stereocenters. The molecule has 0 atom stereocenters. The van der Waals surface area contributed by atoms with Gasteiger partial charge < -0.3 is 0 Å². The fraction of sp³-hybridized carbons (Fsp3) is 0.240. The molecule has 132 valence electrons. The first kappa shape index (κ1) is 18.1. The molecule has 0 N–H and O–H groups in total. The van der Waals surface area contributed by atoms with E-state index in [9.17, 15) is 0 Å². The van der Waals surface area contributed by atoms with Gasteiger partial charge in [-0.2, -0.15) is 0 Å². The van der Waals surface area contributed by atoms with Crippen LogP contribution in [0.15, 0.2) is 72.9 Å². The molecule has 0 saturated carbocycles. The number of aromatic nitrogens is 1. The molecule has 4 aromatic rings. The molecule has 0 aliphatic carbocycles. The summed E-state index contributed by atoms with van der Waals surface area (Å²) in [5.41, 5.74) is 5.39. The highest BCUT2D eigenvalue weighted by Crippen LogP contribution is 2.25. The summed E-state index contributed by atoms with van der Waals surface area (Å²) in [4.78, 5) is 0. The van der Waals surface area contributed by atoms with Crippen LogP contribution in [0.2, 0.25) is 0 Å². The van der Waals surface area contributed by atoms with E-state index in [-0.39, 0.29) is 0 Å². The fourth-order valence-corrected chi connectivity index (χ4v) is 3.50. The summed E-state index contributed by atoms with van der Waals surface area (Å²) in [6.07, 6.45) is 4.42. The second-order valence-corrected chi connectivity index (χ2v) is 6.67. The summed E-state index contributed by atoms with van der Waals surface area (Å²) >= 11 is 0. The Balaban J connectivity index is 0.000000948. The summed E-state index contributed by atoms with van der Waals surface area (Å²) in [6.45, 7) is 6.16. The van der Waals surface area contributed by atoms with Crippen LogP contribution in [-0.2, 0) is 19.9 Å². The highest BCUT2D eigenvalue weighted by Gasteiger charge is 2.11. The number of nitrogens with zero attached hydrogens (tertiary/aromatic N) is 1. The average molecular weight is 343 g/mol. The molecule has 1 aromatic heterocycles. The lowest BCUT2D eigenvalue weighted by molar-refractivity contribution is -0.643. The highest BCUT2D eigenvalue weighted by molar-refractivity contribution is 6.04. The molecule has 0 saturated heterocycles. The second kappa shape index (κ2) is 8.14. The van der Waals surface area contributed by atoms with Gasteiger partial charge in [0.25, 0.3) is 0 Å². The Kier molecular flexibility index (Phi) is 5.68. The molecule has 0 spiro atoms. The summed E-state index contributed by atoms with van der Waals surface area (Å²) in [7, 11) is 2.13. The number of benzene rings is 3. The number of hydrogen-bond acceptors (Lipinski definition) is 0. The van der Waals surface area contributed by atoms with Crippen LogP contribution in [0.5, 0.6) is 0 Å². The van der Waals surface area contributed by atoms with E-state index in [0.717, 1.165) is 12.8 Å². The molecule has 0 radical (unpaired) electrons. The van der Waals surface area contributed by atoms with E-state index >= 15 is 0 Å². The lowest BCUT2D eigenvalue weighted by Gasteiger charge is -2.07. The fourth-order valence-electron chi connectivity index (χ4n) is 3.50. The number of pyridine rings is 1. The minimum absolute atomic E-state index is 1.08. The van der Waals surface area contributed by atoms with Gasteiger partial charge in [-0.3, -0.25) is 0 Å². The number of fused-ring (bicyclic) bond motifs is 3. The summed E-state index contributed by atoms with van der Waals surface area (Å²) in [5.74, 6) is 0. The molecule has 4 rings (SSSR count). The van der Waals surface area contributed by atoms with Crippen molar-refractivity contribution in [1.82, 2.24) is 0 Å². The zero-order chi connectivity index (χ0) is 18.5. The van der Waals surface area contributed by atoms with E-state index in [2.05, 4.69) is 91.5 Å². The zero-order valence-corrected chi connectivity index (χ0v) is 16.3. The predicted octanol–water partition coefficient (Wildman–Crippen LogP) is 5.94. The molecule has 0 bridgehead atoms. The van der Waals surface area contributed by atoms with Gasteiger partial charge in [0.1, 0.15) is 7.05 Å². The van der Waals surface area contributed by atoms with Crippen LogP contribution >= 0.6 is 0 Å². The maximum atomic E-state index is 2.35. The third-order valence-electron chi connectivity index (χ3n) is 4.82. The van der Waals surface area contributed by atoms with E-state index in [1.807, 2.05) is 13.8 Å². The van der Waals surface area contributed by atoms with Crippen LogP contribution in [0, 0.1) is 6.92 Å². The van der Waals surface area contributed by atoms with Gasteiger partial charge in [0.15, 0.2) is 6.20 Å². The van der Waals surface area contributed by atoms with Crippen LogP contribution in [0.3, 0.4) is 0 Å². The van der Waals surface area contributed by atoms with Crippen molar-refractivity contribution in [1.29, 1.82) is 0 Å². The van der Waals surface area contributed by atoms with Crippen molar-refractivity contribution in [2.45, 2.75) is 33.6 Å². The topological polar surface area (TPSA) is 3.88 Å². The average Bonchev–Trinajstić information content (AvgIpc) is 2.68. The van der Waals surface area contributed by atoms with Gasteiger partial charge in [-0.1, -0.05) is 67.9 Å². The standard InChI is InChI=1S/C23H22N.C2H6/c1-17-8-13-23-22(14-17)21-12-11-19(15-20(21)16-24(23)2)10-9-18-6-4-3-5-7-18;1-2/h3-8,11-16H,9-10H2,1-2H3;1-2H3/q+1;. The van der Waals surface area contributed by atoms with Crippen LogP contribution in [-0.4, -0.2) is 0 Å². The van der Waals surface area contributed by atoms with Gasteiger partial charge in [-0.05, 0) is 43.0 Å². The Morgan fingerprint density at radius 2 is 1.46 bits per heavy atom. The van der Waals surface area contributed by atoms with E-state index in [4.69, 9.17) is 0 Å². The van der Waals surface area contributed by atoms with Gasteiger partial charge in [0, 0.05) is 16.8 Å². The van der Waals surface area contributed by atoms with Crippen molar-refractivity contribution in [2.75, 3.05) is 0 Å². The number of aryl methyl sites for hydroxylation is 4. The summed E-state index contributed by atoms with van der Waals surface area (Å²) in [6, 6.07) is 24.3. The molecule has 0 aliphatic heterocycles. The normalized spacial score (nSPS) is 10.6. The SMILES string of the molecule is CC.Cc1ccc2c(c1)c1ccc(CCc3ccccc3)cc1c[n+]2C. The predicted molar refractivity (Wildman–Crippen MR) is 113 cm³/mol. The molecule has 0 fully saturated rings. The molecule has 1 heteroatoms. The first-order valence-corrected chi connectivity index (χ1v) is 9.56. The van der Waals surface area contributed by atoms with E-state index < -0.39 is 0 Å². The Hall–Kier alpha value is -2.67. The maximum absolute atomic E-state index is 2.35. The van der Waals surface area contributed by atoms with Gasteiger partial charge in [0.05, 0.1) is 5.39 Å². The van der Waals surface area contributed by atoms with E-state index in [1.165, 1.54) is 38.4 Å². The van der Waals surface area contributed by atoms with Gasteiger partial charge in [-0.25, -0.2) is 4.57 Å². The molecule has 3 aromatic carbocycles. The minimum Gasteiger partial charge on any atom is -0.200 e. The van der Waals surface area contributed by atoms with Crippen molar-refractivity contribution in [3.63, 3.8) is 0 Å². The summed E-state index contributed by atoms with van der Waals surface area (Å²) in [5, 5.41) is 4.00. The Morgan fingerprint density at radius 1 is 0.731 bits per heavy atom. The number of hydrogen-bond donors (Lipinski definition) is 0. The Morgan fingerprint density at radius 3 is 2.23 bits per heavy atom. The number of rotatable bonds is 3. The van der Waals surface area contributed by atoms with Crippen molar-refractivity contribution in [3.05, 3.63) is 89.6 Å². The lowest BCUT2D eigenvalue weighted by atomic mass is 9.99. The molecular formula is C25H28N+. The first-order valence-electron chi connectivity index (χ1n) is 9.56. The maximum Gasteiger partial charge on any atom is 0.212 e. The monoisotopic (exact) mass is 342 g/mol. The van der Waals surface area contributed by atoms with E-state index in [1.54, 1.807) is 0 Å². The van der Waals surface area contributed by atoms with Crippen LogP contribution in [0.4, 0.5) is 0 Å². The second-order valence-electron chi connectivity index (χ2n) is 6.67. The minimum atomic E-state index is 1.08. The largest absolute Gasteiger partial charge is 0.212 e. The van der Waals surface area contributed by atoms with Crippen LogP contribution < -0.4 is 4.57 Å². The van der Waals surface area contributed by atoms with Gasteiger partial charge in [0.2, 0.25) is 5.52 Å². The zero-order valence-electron chi connectivity index (χ0n) is 16.3. The smallest absolute Gasteiger partial charge is 0.200 e. The van der Waals surface area contributed by atoms with Gasteiger partial charge >= 0.3 is 0 Å². The van der Waals surface area contributed by atoms with Crippen molar-refractivity contribution >= 4 is 21.7 Å². The third kappa shape index (κ3) is 3.77. The molecule has 0 amide bonds. The van der Waals surface area contributed by atoms with Crippen molar-refractivity contribution in [3.8, 4) is 0 Å². The molecule has 1 nitrogen and oxygen atoms in total. The van der Waals surface area contributed by atoms with Crippen molar-refractivity contribution in [2.24, 2.45) is 7.05 Å². The molecule has 1 heterocycles. The third-order valence-corrected chi connectivity index (χ3v) is 4.82. The Labute approximate surface area is 156 Å². The quantitative estimate of drug-likeness (QED) is 0.320. The first-order chi connectivity index (χ1) is 12.7. The molecule has 26 heavy (non-hydrogen) atoms. The lowest BCUT2D eigenvalue weighted by Crippen LogP contribution is -2.28. The highest BCUT2D eigenvalue weighted by atomic mass is 14.9. The van der Waals surface area contributed by atoms with Crippen LogP contribution in [0.1, 0.15) is 30.5 Å².